The van der Waals surface area contributed by atoms with Gasteiger partial charge in [0, 0.05) is 30.0 Å². The van der Waals surface area contributed by atoms with E-state index >= 15 is 0 Å². The third-order valence-electron chi connectivity index (χ3n) is 4.50. The Hall–Kier alpha value is -1.79. The normalized spacial score (nSPS) is 15.5. The number of carbonyl (C=O) groups excluding carboxylic acids is 1. The van der Waals surface area contributed by atoms with Crippen molar-refractivity contribution in [3.05, 3.63) is 59.1 Å². The largest absolute Gasteiger partial charge is 0.489 e. The maximum atomic E-state index is 12.4. The van der Waals surface area contributed by atoms with Gasteiger partial charge in [0.25, 0.3) is 0 Å². The van der Waals surface area contributed by atoms with Gasteiger partial charge in [-0.2, -0.15) is 0 Å². The van der Waals surface area contributed by atoms with Gasteiger partial charge in [0.2, 0.25) is 5.91 Å². The van der Waals surface area contributed by atoms with Crippen molar-refractivity contribution in [3.63, 3.8) is 0 Å². The third-order valence-corrected chi connectivity index (χ3v) is 4.75. The van der Waals surface area contributed by atoms with Crippen LogP contribution in [-0.2, 0) is 16.1 Å². The fourth-order valence-corrected chi connectivity index (χ4v) is 3.05. The minimum Gasteiger partial charge on any atom is -0.489 e. The topological polar surface area (TPSA) is 73.6 Å². The van der Waals surface area contributed by atoms with Crippen molar-refractivity contribution in [3.8, 4) is 5.75 Å². The Morgan fingerprint density at radius 3 is 2.63 bits per heavy atom. The first-order valence-electron chi connectivity index (χ1n) is 8.73. The molecule has 2 aromatic carbocycles. The van der Waals surface area contributed by atoms with Crippen molar-refractivity contribution >= 4 is 35.6 Å². The zero-order chi connectivity index (χ0) is 18.4. The molecule has 1 unspecified atom stereocenters. The standard InChI is InChI=1S/C20H23ClN2O3.ClH/c21-16-6-4-14(5-7-16)13-26-18-3-1-2-17(12-18)23-20(24)19(22)15-8-10-25-11-9-15;/h1-7,12,15,19H,8-11,13,22H2,(H,23,24);1H. The van der Waals surface area contributed by atoms with Crippen LogP contribution in [0.5, 0.6) is 5.75 Å². The highest BCUT2D eigenvalue weighted by Crippen LogP contribution is 2.22. The molecule has 1 fully saturated rings. The number of ether oxygens (including phenoxy) is 2. The van der Waals surface area contributed by atoms with Crippen molar-refractivity contribution in [1.82, 2.24) is 0 Å². The van der Waals surface area contributed by atoms with Crippen LogP contribution in [0.4, 0.5) is 5.69 Å². The van der Waals surface area contributed by atoms with Gasteiger partial charge in [-0.3, -0.25) is 4.79 Å². The van der Waals surface area contributed by atoms with E-state index in [1.54, 1.807) is 6.07 Å². The maximum absolute atomic E-state index is 12.4. The zero-order valence-electron chi connectivity index (χ0n) is 14.9. The van der Waals surface area contributed by atoms with Crippen LogP contribution in [0.2, 0.25) is 5.02 Å². The first-order valence-corrected chi connectivity index (χ1v) is 9.11. The fourth-order valence-electron chi connectivity index (χ4n) is 2.93. The average molecular weight is 411 g/mol. The van der Waals surface area contributed by atoms with Gasteiger partial charge in [0.1, 0.15) is 12.4 Å². The molecule has 146 valence electrons. The third kappa shape index (κ3) is 6.40. The van der Waals surface area contributed by atoms with Crippen LogP contribution in [0, 0.1) is 5.92 Å². The molecule has 7 heteroatoms. The van der Waals surface area contributed by atoms with E-state index in [0.29, 0.717) is 36.3 Å². The molecule has 1 aliphatic rings. The van der Waals surface area contributed by atoms with Crippen molar-refractivity contribution in [2.75, 3.05) is 18.5 Å². The molecular formula is C20H24Cl2N2O3. The summed E-state index contributed by atoms with van der Waals surface area (Å²) in [6.07, 6.45) is 1.64. The summed E-state index contributed by atoms with van der Waals surface area (Å²) >= 11 is 5.88. The van der Waals surface area contributed by atoms with E-state index in [1.807, 2.05) is 42.5 Å². The van der Waals surface area contributed by atoms with E-state index in [9.17, 15) is 4.79 Å². The highest BCUT2D eigenvalue weighted by Gasteiger charge is 2.26. The molecule has 1 saturated heterocycles. The van der Waals surface area contributed by atoms with Crippen LogP contribution in [0.15, 0.2) is 48.5 Å². The Labute approximate surface area is 170 Å². The molecule has 1 heterocycles. The van der Waals surface area contributed by atoms with Gasteiger partial charge in [-0.05, 0) is 48.6 Å². The highest BCUT2D eigenvalue weighted by atomic mass is 35.5. The van der Waals surface area contributed by atoms with E-state index in [0.717, 1.165) is 18.4 Å². The quantitative estimate of drug-likeness (QED) is 0.753. The number of carbonyl (C=O) groups is 1. The molecule has 0 spiro atoms. The summed E-state index contributed by atoms with van der Waals surface area (Å²) in [6.45, 7) is 1.76. The summed E-state index contributed by atoms with van der Waals surface area (Å²) < 4.78 is 11.1. The lowest BCUT2D eigenvalue weighted by Crippen LogP contribution is -2.43. The van der Waals surface area contributed by atoms with Gasteiger partial charge in [-0.25, -0.2) is 0 Å². The average Bonchev–Trinajstić information content (AvgIpc) is 2.68. The van der Waals surface area contributed by atoms with Crippen molar-refractivity contribution < 1.29 is 14.3 Å². The molecule has 1 atom stereocenters. The lowest BCUT2D eigenvalue weighted by atomic mass is 9.92. The molecule has 0 aliphatic carbocycles. The predicted octanol–water partition coefficient (Wildman–Crippen LogP) is 4.03. The summed E-state index contributed by atoms with van der Waals surface area (Å²) in [5.74, 6) is 0.664. The molecule has 0 aromatic heterocycles. The molecule has 0 bridgehead atoms. The number of hydrogen-bond acceptors (Lipinski definition) is 4. The number of amides is 1. The summed E-state index contributed by atoms with van der Waals surface area (Å²) in [5, 5.41) is 3.58. The second-order valence-corrected chi connectivity index (χ2v) is 6.84. The van der Waals surface area contributed by atoms with Crippen LogP contribution in [0.3, 0.4) is 0 Å². The Kier molecular flexibility index (Phi) is 8.38. The minimum atomic E-state index is -0.530. The summed E-state index contributed by atoms with van der Waals surface area (Å²) in [4.78, 5) is 12.4. The molecule has 2 aromatic rings. The van der Waals surface area contributed by atoms with Crippen molar-refractivity contribution in [2.24, 2.45) is 11.7 Å². The van der Waals surface area contributed by atoms with Crippen molar-refractivity contribution in [1.29, 1.82) is 0 Å². The van der Waals surface area contributed by atoms with Crippen LogP contribution in [0.1, 0.15) is 18.4 Å². The summed E-state index contributed by atoms with van der Waals surface area (Å²) in [7, 11) is 0. The number of hydrogen-bond donors (Lipinski definition) is 2. The number of rotatable bonds is 6. The number of nitrogens with one attached hydrogen (secondary N) is 1. The second-order valence-electron chi connectivity index (χ2n) is 6.41. The van der Waals surface area contributed by atoms with Gasteiger partial charge in [-0.1, -0.05) is 29.8 Å². The van der Waals surface area contributed by atoms with Crippen LogP contribution >= 0.6 is 24.0 Å². The highest BCUT2D eigenvalue weighted by molar-refractivity contribution is 6.30. The van der Waals surface area contributed by atoms with E-state index in [4.69, 9.17) is 26.8 Å². The molecule has 5 nitrogen and oxygen atoms in total. The first kappa shape index (κ1) is 21.5. The molecule has 27 heavy (non-hydrogen) atoms. The van der Waals surface area contributed by atoms with E-state index in [2.05, 4.69) is 5.32 Å². The molecule has 3 N–H and O–H groups in total. The number of nitrogens with two attached hydrogens (primary N) is 1. The Morgan fingerprint density at radius 2 is 1.93 bits per heavy atom. The fraction of sp³-hybridized carbons (Fsp3) is 0.350. The summed E-state index contributed by atoms with van der Waals surface area (Å²) in [6, 6.07) is 14.3. The predicted molar refractivity (Wildman–Crippen MR) is 110 cm³/mol. The smallest absolute Gasteiger partial charge is 0.241 e. The number of benzene rings is 2. The summed E-state index contributed by atoms with van der Waals surface area (Å²) in [5.41, 5.74) is 7.81. The SMILES string of the molecule is Cl.NC(C(=O)Nc1cccc(OCc2ccc(Cl)cc2)c1)C1CCOCC1. The Balaban J connectivity index is 0.00000261. The van der Waals surface area contributed by atoms with E-state index in [1.165, 1.54) is 0 Å². The maximum Gasteiger partial charge on any atom is 0.241 e. The molecule has 3 rings (SSSR count). The molecule has 1 amide bonds. The van der Waals surface area contributed by atoms with Gasteiger partial charge in [-0.15, -0.1) is 12.4 Å². The van der Waals surface area contributed by atoms with E-state index in [-0.39, 0.29) is 24.2 Å². The Morgan fingerprint density at radius 1 is 1.22 bits per heavy atom. The lowest BCUT2D eigenvalue weighted by Gasteiger charge is -2.26. The minimum absolute atomic E-state index is 0. The van der Waals surface area contributed by atoms with Crippen molar-refractivity contribution in [2.45, 2.75) is 25.5 Å². The monoisotopic (exact) mass is 410 g/mol. The molecule has 0 radical (unpaired) electrons. The number of halogens is 2. The van der Waals surface area contributed by atoms with Gasteiger partial charge >= 0.3 is 0 Å². The molecule has 0 saturated carbocycles. The Bertz CT molecular complexity index is 734. The number of anilines is 1. The van der Waals surface area contributed by atoms with Crippen LogP contribution in [0.25, 0.3) is 0 Å². The molecule has 1 aliphatic heterocycles. The van der Waals surface area contributed by atoms with Gasteiger partial charge in [0.15, 0.2) is 0 Å². The van der Waals surface area contributed by atoms with Gasteiger partial charge in [0.05, 0.1) is 6.04 Å². The molecular weight excluding hydrogens is 387 g/mol. The van der Waals surface area contributed by atoms with Crippen LogP contribution < -0.4 is 15.8 Å². The first-order chi connectivity index (χ1) is 12.6. The van der Waals surface area contributed by atoms with Gasteiger partial charge < -0.3 is 20.5 Å². The lowest BCUT2D eigenvalue weighted by molar-refractivity contribution is -0.119. The zero-order valence-corrected chi connectivity index (χ0v) is 16.5. The second kappa shape index (κ2) is 10.5. The van der Waals surface area contributed by atoms with E-state index < -0.39 is 6.04 Å². The van der Waals surface area contributed by atoms with Crippen LogP contribution in [-0.4, -0.2) is 25.2 Å².